The fourth-order valence-corrected chi connectivity index (χ4v) is 4.95. The molecule has 0 saturated heterocycles. The monoisotopic (exact) mass is 312 g/mol. The highest BCUT2D eigenvalue weighted by molar-refractivity contribution is 7.91. The lowest BCUT2D eigenvalue weighted by Crippen LogP contribution is -2.37. The molecule has 0 spiro atoms. The first-order valence-electron chi connectivity index (χ1n) is 6.83. The minimum atomic E-state index is -3.47. The van der Waals surface area contributed by atoms with E-state index in [0.29, 0.717) is 16.7 Å². The lowest BCUT2D eigenvalue weighted by Gasteiger charge is -2.37. The highest BCUT2D eigenvalue weighted by atomic mass is 32.2. The maximum Gasteiger partial charge on any atom is 0.338 e. The summed E-state index contributed by atoms with van der Waals surface area (Å²) in [6.45, 7) is 6.99. The number of hydrogen-bond donors (Lipinski definition) is 1. The van der Waals surface area contributed by atoms with E-state index in [0.717, 1.165) is 0 Å². The molecule has 1 unspecified atom stereocenters. The molecule has 0 aliphatic carbocycles. The third-order valence-electron chi connectivity index (χ3n) is 3.88. The molecule has 1 aromatic carbocycles. The van der Waals surface area contributed by atoms with E-state index in [9.17, 15) is 18.3 Å². The molecule has 1 aliphatic heterocycles. The van der Waals surface area contributed by atoms with E-state index in [4.69, 9.17) is 4.74 Å². The van der Waals surface area contributed by atoms with Crippen molar-refractivity contribution in [3.63, 3.8) is 0 Å². The van der Waals surface area contributed by atoms with Crippen LogP contribution in [0.2, 0.25) is 0 Å². The Bertz CT molecular complexity index is 688. The average molecular weight is 312 g/mol. The van der Waals surface area contributed by atoms with Crippen molar-refractivity contribution in [3.8, 4) is 0 Å². The van der Waals surface area contributed by atoms with Crippen LogP contribution in [0.3, 0.4) is 0 Å². The maximum absolute atomic E-state index is 12.4. The highest BCUT2D eigenvalue weighted by Gasteiger charge is 2.43. The second-order valence-electron chi connectivity index (χ2n) is 6.02. The molecular formula is C15H20O5S. The molecule has 21 heavy (non-hydrogen) atoms. The van der Waals surface area contributed by atoms with E-state index >= 15 is 0 Å². The largest absolute Gasteiger partial charge is 0.462 e. The van der Waals surface area contributed by atoms with E-state index in [1.165, 1.54) is 12.1 Å². The Labute approximate surface area is 124 Å². The van der Waals surface area contributed by atoms with Crippen molar-refractivity contribution in [2.45, 2.75) is 38.7 Å². The zero-order chi connectivity index (χ0) is 16.0. The van der Waals surface area contributed by atoms with Crippen molar-refractivity contribution in [2.24, 2.45) is 5.41 Å². The summed E-state index contributed by atoms with van der Waals surface area (Å²) in [5.74, 6) is -0.627. The first kappa shape index (κ1) is 16.0. The third kappa shape index (κ3) is 2.58. The first-order valence-corrected chi connectivity index (χ1v) is 8.48. The molecule has 1 N–H and O–H groups in total. The summed E-state index contributed by atoms with van der Waals surface area (Å²) in [4.78, 5) is 12.0. The SMILES string of the molecule is CCOC(=O)c1ccc2c(c1C)C(O)C(C)(C)CS2(=O)=O. The number of carbonyl (C=O) groups is 1. The van der Waals surface area contributed by atoms with Gasteiger partial charge in [0, 0.05) is 11.0 Å². The van der Waals surface area contributed by atoms with Gasteiger partial charge in [0.2, 0.25) is 0 Å². The second kappa shape index (κ2) is 5.10. The Morgan fingerprint density at radius 1 is 1.43 bits per heavy atom. The van der Waals surface area contributed by atoms with Crippen molar-refractivity contribution in [2.75, 3.05) is 12.4 Å². The van der Waals surface area contributed by atoms with E-state index in [1.54, 1.807) is 27.7 Å². The van der Waals surface area contributed by atoms with Crippen LogP contribution in [0.5, 0.6) is 0 Å². The molecule has 0 fully saturated rings. The lowest BCUT2D eigenvalue weighted by atomic mass is 9.81. The maximum atomic E-state index is 12.4. The standard InChI is InChI=1S/C15H20O5S/c1-5-20-14(17)10-6-7-11-12(9(10)2)13(16)15(3,4)8-21(11,18)19/h6-7,13,16H,5,8H2,1-4H3. The van der Waals surface area contributed by atoms with Crippen LogP contribution >= 0.6 is 0 Å². The molecule has 1 aliphatic rings. The zero-order valence-electron chi connectivity index (χ0n) is 12.6. The number of benzene rings is 1. The van der Waals surface area contributed by atoms with Gasteiger partial charge < -0.3 is 9.84 Å². The van der Waals surface area contributed by atoms with Gasteiger partial charge in [-0.2, -0.15) is 0 Å². The van der Waals surface area contributed by atoms with Crippen LogP contribution in [0.4, 0.5) is 0 Å². The molecule has 1 atom stereocenters. The molecule has 5 nitrogen and oxygen atoms in total. The summed E-state index contributed by atoms with van der Waals surface area (Å²) >= 11 is 0. The molecule has 0 saturated carbocycles. The lowest BCUT2D eigenvalue weighted by molar-refractivity contribution is 0.0513. The number of carbonyl (C=O) groups excluding carboxylic acids is 1. The van der Waals surface area contributed by atoms with Crippen LogP contribution < -0.4 is 0 Å². The van der Waals surface area contributed by atoms with Gasteiger partial charge in [-0.1, -0.05) is 13.8 Å². The summed E-state index contributed by atoms with van der Waals surface area (Å²) in [7, 11) is -3.47. The molecule has 2 rings (SSSR count). The normalized spacial score (nSPS) is 22.4. The quantitative estimate of drug-likeness (QED) is 0.845. The second-order valence-corrected chi connectivity index (χ2v) is 7.98. The number of aliphatic hydroxyl groups is 1. The number of hydrogen-bond acceptors (Lipinski definition) is 5. The van der Waals surface area contributed by atoms with Crippen molar-refractivity contribution in [3.05, 3.63) is 28.8 Å². The van der Waals surface area contributed by atoms with Crippen molar-refractivity contribution >= 4 is 15.8 Å². The topological polar surface area (TPSA) is 80.7 Å². The number of esters is 1. The molecule has 1 heterocycles. The van der Waals surface area contributed by atoms with Gasteiger partial charge in [0.1, 0.15) is 0 Å². The fourth-order valence-electron chi connectivity index (χ4n) is 2.78. The zero-order valence-corrected chi connectivity index (χ0v) is 13.5. The molecule has 1 aromatic rings. The molecule has 116 valence electrons. The van der Waals surface area contributed by atoms with Gasteiger partial charge in [-0.25, -0.2) is 13.2 Å². The molecule has 0 aromatic heterocycles. The average Bonchev–Trinajstić information content (AvgIpc) is 2.35. The van der Waals surface area contributed by atoms with Gasteiger partial charge in [-0.15, -0.1) is 0 Å². The summed E-state index contributed by atoms with van der Waals surface area (Å²) in [6.07, 6.45) is -0.939. The third-order valence-corrected chi connectivity index (χ3v) is 6.03. The van der Waals surface area contributed by atoms with Crippen molar-refractivity contribution in [1.82, 2.24) is 0 Å². The number of rotatable bonds is 2. The fraction of sp³-hybridized carbons (Fsp3) is 0.533. The van der Waals surface area contributed by atoms with Crippen LogP contribution in [-0.2, 0) is 14.6 Å². The Balaban J connectivity index is 2.70. The summed E-state index contributed by atoms with van der Waals surface area (Å²) in [5, 5.41) is 10.5. The number of fused-ring (bicyclic) bond motifs is 1. The predicted molar refractivity (Wildman–Crippen MR) is 77.9 cm³/mol. The Morgan fingerprint density at radius 2 is 2.05 bits per heavy atom. The molecule has 0 amide bonds. The van der Waals surface area contributed by atoms with Gasteiger partial charge in [-0.3, -0.25) is 0 Å². The van der Waals surface area contributed by atoms with Crippen LogP contribution in [-0.4, -0.2) is 31.9 Å². The summed E-state index contributed by atoms with van der Waals surface area (Å²) < 4.78 is 29.7. The Hall–Kier alpha value is -1.40. The number of sulfone groups is 1. The van der Waals surface area contributed by atoms with Gasteiger partial charge in [0.15, 0.2) is 9.84 Å². The van der Waals surface area contributed by atoms with Crippen LogP contribution in [0.1, 0.15) is 48.4 Å². The minimum absolute atomic E-state index is 0.111. The number of ether oxygens (including phenoxy) is 1. The van der Waals surface area contributed by atoms with E-state index in [1.807, 2.05) is 0 Å². The number of aliphatic hydroxyl groups excluding tert-OH is 1. The van der Waals surface area contributed by atoms with Gasteiger partial charge in [-0.05, 0) is 31.5 Å². The Morgan fingerprint density at radius 3 is 2.62 bits per heavy atom. The minimum Gasteiger partial charge on any atom is -0.462 e. The molecular weight excluding hydrogens is 292 g/mol. The smallest absolute Gasteiger partial charge is 0.338 e. The van der Waals surface area contributed by atoms with Crippen LogP contribution in [0.25, 0.3) is 0 Å². The van der Waals surface area contributed by atoms with Crippen LogP contribution in [0.15, 0.2) is 17.0 Å². The van der Waals surface area contributed by atoms with Gasteiger partial charge >= 0.3 is 5.97 Å². The molecule has 6 heteroatoms. The Kier molecular flexibility index (Phi) is 3.88. The van der Waals surface area contributed by atoms with Crippen LogP contribution in [0, 0.1) is 12.3 Å². The summed E-state index contributed by atoms with van der Waals surface area (Å²) in [5.41, 5.74) is 0.276. The van der Waals surface area contributed by atoms with Gasteiger partial charge in [0.05, 0.1) is 28.9 Å². The molecule has 0 radical (unpaired) electrons. The first-order chi connectivity index (χ1) is 9.62. The van der Waals surface area contributed by atoms with E-state index < -0.39 is 27.3 Å². The predicted octanol–water partition coefficient (Wildman–Crippen LogP) is 2.02. The van der Waals surface area contributed by atoms with E-state index in [-0.39, 0.29) is 17.3 Å². The van der Waals surface area contributed by atoms with Gasteiger partial charge in [0.25, 0.3) is 0 Å². The highest BCUT2D eigenvalue weighted by Crippen LogP contribution is 2.45. The van der Waals surface area contributed by atoms with E-state index in [2.05, 4.69) is 0 Å². The molecule has 0 bridgehead atoms. The van der Waals surface area contributed by atoms with Crippen molar-refractivity contribution in [1.29, 1.82) is 0 Å². The summed E-state index contributed by atoms with van der Waals surface area (Å²) in [6, 6.07) is 2.84. The van der Waals surface area contributed by atoms with Crippen molar-refractivity contribution < 1.29 is 23.1 Å².